The Hall–Kier alpha value is -1.46. The van der Waals surface area contributed by atoms with Crippen LogP contribution in [-0.2, 0) is 9.53 Å². The highest BCUT2D eigenvalue weighted by Gasteiger charge is 2.26. The lowest BCUT2D eigenvalue weighted by Gasteiger charge is -2.37. The summed E-state index contributed by atoms with van der Waals surface area (Å²) in [5.41, 5.74) is 0.959. The van der Waals surface area contributed by atoms with Gasteiger partial charge in [-0.1, -0.05) is 12.1 Å². The number of halogens is 1. The van der Waals surface area contributed by atoms with Gasteiger partial charge in [-0.3, -0.25) is 9.69 Å². The van der Waals surface area contributed by atoms with Crippen molar-refractivity contribution in [1.29, 1.82) is 0 Å². The van der Waals surface area contributed by atoms with Gasteiger partial charge in [0.1, 0.15) is 5.82 Å². The number of carbonyl (C=O) groups is 1. The molecule has 2 rings (SSSR count). The van der Waals surface area contributed by atoms with E-state index in [4.69, 9.17) is 9.84 Å². The van der Waals surface area contributed by atoms with Crippen LogP contribution in [0, 0.1) is 5.82 Å². The SMILES string of the molecule is CC1CN(CCCC(=O)O)CC(c2ccc(F)cc2)O1. The van der Waals surface area contributed by atoms with Crippen molar-refractivity contribution in [3.63, 3.8) is 0 Å². The van der Waals surface area contributed by atoms with Crippen LogP contribution in [0.3, 0.4) is 0 Å². The molecule has 1 heterocycles. The molecule has 1 aromatic carbocycles. The first-order valence-corrected chi connectivity index (χ1v) is 6.89. The Morgan fingerprint density at radius 1 is 1.40 bits per heavy atom. The molecule has 0 bridgehead atoms. The summed E-state index contributed by atoms with van der Waals surface area (Å²) in [5.74, 6) is -1.02. The zero-order valence-corrected chi connectivity index (χ0v) is 11.6. The predicted octanol–water partition coefficient (Wildman–Crippen LogP) is 2.45. The van der Waals surface area contributed by atoms with Gasteiger partial charge in [0.05, 0.1) is 12.2 Å². The number of ether oxygens (including phenoxy) is 1. The average molecular weight is 281 g/mol. The molecule has 5 heteroatoms. The van der Waals surface area contributed by atoms with Gasteiger partial charge < -0.3 is 9.84 Å². The number of aliphatic carboxylic acids is 1. The minimum atomic E-state index is -0.763. The lowest BCUT2D eigenvalue weighted by Crippen LogP contribution is -2.43. The Morgan fingerprint density at radius 3 is 2.75 bits per heavy atom. The fourth-order valence-corrected chi connectivity index (χ4v) is 2.54. The number of hydrogen-bond donors (Lipinski definition) is 1. The monoisotopic (exact) mass is 281 g/mol. The molecule has 0 spiro atoms. The molecule has 1 fully saturated rings. The van der Waals surface area contributed by atoms with E-state index in [0.717, 1.165) is 25.2 Å². The molecule has 1 aliphatic rings. The van der Waals surface area contributed by atoms with E-state index < -0.39 is 5.97 Å². The van der Waals surface area contributed by atoms with E-state index in [9.17, 15) is 9.18 Å². The zero-order valence-electron chi connectivity index (χ0n) is 11.6. The van der Waals surface area contributed by atoms with Gasteiger partial charge in [-0.2, -0.15) is 0 Å². The number of carboxylic acids is 1. The van der Waals surface area contributed by atoms with Crippen LogP contribution in [0.4, 0.5) is 4.39 Å². The first kappa shape index (κ1) is 14.9. The molecule has 0 amide bonds. The number of rotatable bonds is 5. The Morgan fingerprint density at radius 2 is 2.10 bits per heavy atom. The third-order valence-electron chi connectivity index (χ3n) is 3.44. The molecule has 0 aromatic heterocycles. The second kappa shape index (κ2) is 6.81. The van der Waals surface area contributed by atoms with Gasteiger partial charge in [-0.15, -0.1) is 0 Å². The second-order valence-electron chi connectivity index (χ2n) is 5.24. The van der Waals surface area contributed by atoms with E-state index in [2.05, 4.69) is 4.90 Å². The summed E-state index contributed by atoms with van der Waals surface area (Å²) in [6, 6.07) is 6.36. The maximum atomic E-state index is 12.9. The van der Waals surface area contributed by atoms with Crippen LogP contribution in [0.5, 0.6) is 0 Å². The van der Waals surface area contributed by atoms with Crippen molar-refractivity contribution in [1.82, 2.24) is 4.90 Å². The normalized spacial score (nSPS) is 23.7. The molecule has 0 radical (unpaired) electrons. The van der Waals surface area contributed by atoms with E-state index in [-0.39, 0.29) is 24.4 Å². The number of morpholine rings is 1. The van der Waals surface area contributed by atoms with Crippen LogP contribution >= 0.6 is 0 Å². The van der Waals surface area contributed by atoms with Crippen molar-refractivity contribution in [3.05, 3.63) is 35.6 Å². The first-order valence-electron chi connectivity index (χ1n) is 6.89. The summed E-state index contributed by atoms with van der Waals surface area (Å²) in [4.78, 5) is 12.8. The minimum Gasteiger partial charge on any atom is -0.481 e. The number of carboxylic acid groups (broad SMARTS) is 1. The van der Waals surface area contributed by atoms with Gasteiger partial charge in [0.15, 0.2) is 0 Å². The number of hydrogen-bond acceptors (Lipinski definition) is 3. The average Bonchev–Trinajstić information content (AvgIpc) is 2.38. The van der Waals surface area contributed by atoms with Crippen LogP contribution in [0.1, 0.15) is 31.4 Å². The molecule has 0 aliphatic carbocycles. The summed E-state index contributed by atoms with van der Waals surface area (Å²) >= 11 is 0. The van der Waals surface area contributed by atoms with Crippen molar-refractivity contribution in [2.24, 2.45) is 0 Å². The van der Waals surface area contributed by atoms with Crippen molar-refractivity contribution in [2.45, 2.75) is 32.0 Å². The lowest BCUT2D eigenvalue weighted by atomic mass is 10.1. The van der Waals surface area contributed by atoms with Crippen LogP contribution in [0.25, 0.3) is 0 Å². The van der Waals surface area contributed by atoms with E-state index in [1.54, 1.807) is 12.1 Å². The molecule has 1 aliphatic heterocycles. The molecule has 110 valence electrons. The molecule has 2 unspecified atom stereocenters. The van der Waals surface area contributed by atoms with Gasteiger partial charge in [0.25, 0.3) is 0 Å². The highest BCUT2D eigenvalue weighted by atomic mass is 19.1. The van der Waals surface area contributed by atoms with Crippen molar-refractivity contribution >= 4 is 5.97 Å². The molecule has 4 nitrogen and oxygen atoms in total. The van der Waals surface area contributed by atoms with E-state index in [1.807, 2.05) is 6.92 Å². The molecular formula is C15H20FNO3. The Kier molecular flexibility index (Phi) is 5.09. The van der Waals surface area contributed by atoms with Gasteiger partial charge in [-0.05, 0) is 37.6 Å². The molecule has 1 aromatic rings. The van der Waals surface area contributed by atoms with Crippen LogP contribution < -0.4 is 0 Å². The largest absolute Gasteiger partial charge is 0.481 e. The van der Waals surface area contributed by atoms with Gasteiger partial charge in [-0.25, -0.2) is 4.39 Å². The molecule has 1 saturated heterocycles. The molecule has 0 saturated carbocycles. The Bertz CT molecular complexity index is 449. The minimum absolute atomic E-state index is 0.0795. The van der Waals surface area contributed by atoms with Crippen LogP contribution in [0.15, 0.2) is 24.3 Å². The van der Waals surface area contributed by atoms with Crippen molar-refractivity contribution in [3.8, 4) is 0 Å². The van der Waals surface area contributed by atoms with Gasteiger partial charge >= 0.3 is 5.97 Å². The number of benzene rings is 1. The summed E-state index contributed by atoms with van der Waals surface area (Å²) in [6.45, 7) is 4.27. The lowest BCUT2D eigenvalue weighted by molar-refractivity contribution is -0.137. The Labute approximate surface area is 118 Å². The quantitative estimate of drug-likeness (QED) is 0.900. The van der Waals surface area contributed by atoms with Crippen LogP contribution in [-0.4, -0.2) is 41.7 Å². The second-order valence-corrected chi connectivity index (χ2v) is 5.24. The zero-order chi connectivity index (χ0) is 14.5. The van der Waals surface area contributed by atoms with Crippen molar-refractivity contribution < 1.29 is 19.0 Å². The van der Waals surface area contributed by atoms with Gasteiger partial charge in [0.2, 0.25) is 0 Å². The number of nitrogens with zero attached hydrogens (tertiary/aromatic N) is 1. The molecular weight excluding hydrogens is 261 g/mol. The van der Waals surface area contributed by atoms with Crippen LogP contribution in [0.2, 0.25) is 0 Å². The summed E-state index contributed by atoms with van der Waals surface area (Å²) in [6.07, 6.45) is 0.832. The van der Waals surface area contributed by atoms with Crippen molar-refractivity contribution in [2.75, 3.05) is 19.6 Å². The van der Waals surface area contributed by atoms with E-state index in [0.29, 0.717) is 6.42 Å². The molecule has 20 heavy (non-hydrogen) atoms. The highest BCUT2D eigenvalue weighted by molar-refractivity contribution is 5.66. The topological polar surface area (TPSA) is 49.8 Å². The van der Waals surface area contributed by atoms with E-state index in [1.165, 1.54) is 12.1 Å². The molecule has 1 N–H and O–H groups in total. The van der Waals surface area contributed by atoms with E-state index >= 15 is 0 Å². The van der Waals surface area contributed by atoms with Gasteiger partial charge in [0, 0.05) is 19.5 Å². The standard InChI is InChI=1S/C15H20FNO3/c1-11-9-17(8-2-3-15(18)19)10-14(20-11)12-4-6-13(16)7-5-12/h4-7,11,14H,2-3,8-10H2,1H3,(H,18,19). The Balaban J connectivity index is 1.93. The molecule has 2 atom stereocenters. The first-order chi connectivity index (χ1) is 9.54. The predicted molar refractivity (Wildman–Crippen MR) is 73.0 cm³/mol. The fraction of sp³-hybridized carbons (Fsp3) is 0.533. The smallest absolute Gasteiger partial charge is 0.303 e. The summed E-state index contributed by atoms with van der Waals surface area (Å²) < 4.78 is 18.8. The third-order valence-corrected chi connectivity index (χ3v) is 3.44. The maximum absolute atomic E-state index is 12.9. The fourth-order valence-electron chi connectivity index (χ4n) is 2.54. The maximum Gasteiger partial charge on any atom is 0.303 e. The summed E-state index contributed by atoms with van der Waals surface area (Å²) in [7, 11) is 0. The highest BCUT2D eigenvalue weighted by Crippen LogP contribution is 2.25. The third kappa shape index (κ3) is 4.28. The summed E-state index contributed by atoms with van der Waals surface area (Å²) in [5, 5.41) is 8.67.